The maximum atomic E-state index is 13.2. The van der Waals surface area contributed by atoms with Crippen molar-refractivity contribution in [2.75, 3.05) is 16.0 Å². The standard InChI is InChI=1S/C23H19ClF3N3O2S/c1-14(21(31)30-20-12-7-15(24)13-19(20)23(25,26)27)33-18-10-8-17(9-11-18)29-22(32)28-16-5-3-2-4-6-16/h2-14H,1H3,(H,30,31)(H2,28,29,32). The summed E-state index contributed by atoms with van der Waals surface area (Å²) < 4.78 is 39.7. The number of benzene rings is 3. The van der Waals surface area contributed by atoms with Crippen LogP contribution in [-0.2, 0) is 11.0 Å². The van der Waals surface area contributed by atoms with Gasteiger partial charge in [-0.25, -0.2) is 4.79 Å². The third-order valence-electron chi connectivity index (χ3n) is 4.37. The SMILES string of the molecule is CC(Sc1ccc(NC(=O)Nc2ccccc2)cc1)C(=O)Nc1ccc(Cl)cc1C(F)(F)F. The lowest BCUT2D eigenvalue weighted by Gasteiger charge is -2.17. The molecule has 1 unspecified atom stereocenters. The Balaban J connectivity index is 1.58. The first-order chi connectivity index (χ1) is 15.6. The molecule has 0 spiro atoms. The number of hydrogen-bond donors (Lipinski definition) is 3. The van der Waals surface area contributed by atoms with Crippen molar-refractivity contribution in [3.63, 3.8) is 0 Å². The summed E-state index contributed by atoms with van der Waals surface area (Å²) >= 11 is 6.84. The average Bonchev–Trinajstić information content (AvgIpc) is 2.76. The van der Waals surface area contributed by atoms with Gasteiger partial charge in [-0.1, -0.05) is 29.8 Å². The van der Waals surface area contributed by atoms with Gasteiger partial charge in [-0.2, -0.15) is 13.2 Å². The molecule has 0 aliphatic rings. The van der Waals surface area contributed by atoms with Crippen molar-refractivity contribution in [3.8, 4) is 0 Å². The summed E-state index contributed by atoms with van der Waals surface area (Å²) in [5.74, 6) is -0.586. The summed E-state index contributed by atoms with van der Waals surface area (Å²) in [7, 11) is 0. The van der Waals surface area contributed by atoms with Crippen LogP contribution in [0.15, 0.2) is 77.7 Å². The number of hydrogen-bond acceptors (Lipinski definition) is 3. The Labute approximate surface area is 197 Å². The smallest absolute Gasteiger partial charge is 0.325 e. The number of para-hydroxylation sites is 1. The van der Waals surface area contributed by atoms with Gasteiger partial charge in [0.1, 0.15) is 0 Å². The Morgan fingerprint density at radius 1 is 0.879 bits per heavy atom. The Morgan fingerprint density at radius 3 is 2.09 bits per heavy atom. The predicted octanol–water partition coefficient (Wildman–Crippen LogP) is 7.12. The van der Waals surface area contributed by atoms with Gasteiger partial charge in [0.05, 0.1) is 16.5 Å². The molecule has 3 aromatic carbocycles. The first-order valence-corrected chi connectivity index (χ1v) is 10.9. The van der Waals surface area contributed by atoms with E-state index in [1.165, 1.54) is 17.8 Å². The lowest BCUT2D eigenvalue weighted by atomic mass is 10.1. The summed E-state index contributed by atoms with van der Waals surface area (Å²) in [5.41, 5.74) is -0.171. The number of alkyl halides is 3. The van der Waals surface area contributed by atoms with E-state index in [4.69, 9.17) is 11.6 Å². The number of halogens is 4. The van der Waals surface area contributed by atoms with Crippen LogP contribution >= 0.6 is 23.4 Å². The second-order valence-electron chi connectivity index (χ2n) is 6.91. The number of carbonyl (C=O) groups is 2. The molecule has 0 saturated carbocycles. The van der Waals surface area contributed by atoms with E-state index in [1.807, 2.05) is 6.07 Å². The first-order valence-electron chi connectivity index (χ1n) is 9.69. The van der Waals surface area contributed by atoms with Crippen molar-refractivity contribution in [2.45, 2.75) is 23.2 Å². The number of anilines is 3. The van der Waals surface area contributed by atoms with Gasteiger partial charge in [0.15, 0.2) is 0 Å². The predicted molar refractivity (Wildman–Crippen MR) is 126 cm³/mol. The van der Waals surface area contributed by atoms with E-state index in [0.717, 1.165) is 12.1 Å². The van der Waals surface area contributed by atoms with E-state index >= 15 is 0 Å². The summed E-state index contributed by atoms with van der Waals surface area (Å²) in [6.45, 7) is 1.59. The summed E-state index contributed by atoms with van der Waals surface area (Å²) in [6.07, 6.45) is -4.65. The zero-order chi connectivity index (χ0) is 24.0. The topological polar surface area (TPSA) is 70.2 Å². The van der Waals surface area contributed by atoms with Gasteiger partial charge in [-0.3, -0.25) is 4.79 Å². The van der Waals surface area contributed by atoms with Crippen molar-refractivity contribution in [3.05, 3.63) is 83.4 Å². The number of nitrogens with one attached hydrogen (secondary N) is 3. The van der Waals surface area contributed by atoms with Gasteiger partial charge in [-0.05, 0) is 61.5 Å². The molecule has 0 aliphatic carbocycles. The van der Waals surface area contributed by atoms with Crippen LogP contribution in [0.2, 0.25) is 5.02 Å². The normalized spacial score (nSPS) is 12.0. The fraction of sp³-hybridized carbons (Fsp3) is 0.130. The summed E-state index contributed by atoms with van der Waals surface area (Å²) in [5, 5.41) is 6.96. The third-order valence-corrected chi connectivity index (χ3v) is 5.72. The van der Waals surface area contributed by atoms with Crippen molar-refractivity contribution in [1.29, 1.82) is 0 Å². The van der Waals surface area contributed by atoms with Gasteiger partial charge in [-0.15, -0.1) is 11.8 Å². The molecule has 3 N–H and O–H groups in total. The minimum absolute atomic E-state index is 0.0751. The maximum absolute atomic E-state index is 13.2. The molecule has 0 radical (unpaired) electrons. The van der Waals surface area contributed by atoms with Crippen LogP contribution < -0.4 is 16.0 Å². The maximum Gasteiger partial charge on any atom is 0.418 e. The Hall–Kier alpha value is -3.17. The minimum atomic E-state index is -4.65. The molecular formula is C23H19ClF3N3O2S. The quantitative estimate of drug-likeness (QED) is 0.320. The number of rotatable bonds is 6. The van der Waals surface area contributed by atoms with Crippen LogP contribution in [0, 0.1) is 0 Å². The monoisotopic (exact) mass is 493 g/mol. The lowest BCUT2D eigenvalue weighted by Crippen LogP contribution is -2.24. The second-order valence-corrected chi connectivity index (χ2v) is 8.76. The summed E-state index contributed by atoms with van der Waals surface area (Å²) in [4.78, 5) is 25.2. The van der Waals surface area contributed by atoms with Crippen molar-refractivity contribution in [2.24, 2.45) is 0 Å². The summed E-state index contributed by atoms with van der Waals surface area (Å²) in [6, 6.07) is 18.5. The molecule has 1 atom stereocenters. The molecule has 3 aromatic rings. The highest BCUT2D eigenvalue weighted by Crippen LogP contribution is 2.37. The van der Waals surface area contributed by atoms with Gasteiger partial charge in [0.2, 0.25) is 5.91 Å². The van der Waals surface area contributed by atoms with Crippen molar-refractivity contribution < 1.29 is 22.8 Å². The van der Waals surface area contributed by atoms with E-state index in [-0.39, 0.29) is 10.7 Å². The van der Waals surface area contributed by atoms with Gasteiger partial charge in [0, 0.05) is 21.3 Å². The highest BCUT2D eigenvalue weighted by atomic mass is 35.5. The molecule has 5 nitrogen and oxygen atoms in total. The molecule has 172 valence electrons. The van der Waals surface area contributed by atoms with Crippen LogP contribution in [0.3, 0.4) is 0 Å². The molecule has 0 heterocycles. The molecule has 0 fully saturated rings. The number of thioether (sulfide) groups is 1. The second kappa shape index (κ2) is 10.6. The zero-order valence-corrected chi connectivity index (χ0v) is 18.8. The largest absolute Gasteiger partial charge is 0.418 e. The highest BCUT2D eigenvalue weighted by Gasteiger charge is 2.34. The fourth-order valence-corrected chi connectivity index (χ4v) is 3.82. The Morgan fingerprint density at radius 2 is 1.48 bits per heavy atom. The Kier molecular flexibility index (Phi) is 7.88. The molecule has 0 bridgehead atoms. The number of urea groups is 1. The van der Waals surface area contributed by atoms with Gasteiger partial charge >= 0.3 is 12.2 Å². The molecule has 0 aromatic heterocycles. The third kappa shape index (κ3) is 7.16. The molecule has 33 heavy (non-hydrogen) atoms. The lowest BCUT2D eigenvalue weighted by molar-refractivity contribution is -0.137. The van der Waals surface area contributed by atoms with Crippen molar-refractivity contribution in [1.82, 2.24) is 0 Å². The van der Waals surface area contributed by atoms with E-state index < -0.39 is 28.9 Å². The number of carbonyl (C=O) groups excluding carboxylic acids is 2. The van der Waals surface area contributed by atoms with Crippen LogP contribution in [0.25, 0.3) is 0 Å². The number of amides is 3. The zero-order valence-electron chi connectivity index (χ0n) is 17.2. The fourth-order valence-electron chi connectivity index (χ4n) is 2.78. The molecule has 0 aliphatic heterocycles. The molecule has 0 saturated heterocycles. The van der Waals surface area contributed by atoms with Crippen LogP contribution in [-0.4, -0.2) is 17.2 Å². The van der Waals surface area contributed by atoms with Gasteiger partial charge in [0.25, 0.3) is 0 Å². The average molecular weight is 494 g/mol. The molecular weight excluding hydrogens is 475 g/mol. The van der Waals surface area contributed by atoms with E-state index in [9.17, 15) is 22.8 Å². The Bertz CT molecular complexity index is 1130. The molecule has 10 heteroatoms. The highest BCUT2D eigenvalue weighted by molar-refractivity contribution is 8.00. The van der Waals surface area contributed by atoms with E-state index in [2.05, 4.69) is 16.0 Å². The van der Waals surface area contributed by atoms with E-state index in [1.54, 1.807) is 55.5 Å². The van der Waals surface area contributed by atoms with Crippen LogP contribution in [0.4, 0.5) is 35.0 Å². The molecule has 3 amide bonds. The van der Waals surface area contributed by atoms with E-state index in [0.29, 0.717) is 16.3 Å². The van der Waals surface area contributed by atoms with Crippen LogP contribution in [0.5, 0.6) is 0 Å². The van der Waals surface area contributed by atoms with Crippen molar-refractivity contribution >= 4 is 52.4 Å². The first kappa shape index (κ1) is 24.5. The van der Waals surface area contributed by atoms with Crippen LogP contribution in [0.1, 0.15) is 12.5 Å². The molecule has 3 rings (SSSR count). The van der Waals surface area contributed by atoms with Gasteiger partial charge < -0.3 is 16.0 Å². The minimum Gasteiger partial charge on any atom is -0.325 e.